The van der Waals surface area contributed by atoms with E-state index in [1.807, 2.05) is 6.07 Å². The van der Waals surface area contributed by atoms with Gasteiger partial charge in [-0.15, -0.1) is 0 Å². The quantitative estimate of drug-likeness (QED) is 0.211. The number of carbonyl (C=O) groups excluding carboxylic acids is 2. The third-order valence-corrected chi connectivity index (χ3v) is 7.70. The van der Waals surface area contributed by atoms with Gasteiger partial charge in [-0.25, -0.2) is 4.79 Å². The van der Waals surface area contributed by atoms with Crippen molar-refractivity contribution in [3.8, 4) is 0 Å². The van der Waals surface area contributed by atoms with Crippen LogP contribution < -0.4 is 4.90 Å². The Labute approximate surface area is 196 Å². The summed E-state index contributed by atoms with van der Waals surface area (Å²) in [5, 5.41) is 10.8. The lowest BCUT2D eigenvalue weighted by Gasteiger charge is -2.46. The summed E-state index contributed by atoms with van der Waals surface area (Å²) < 4.78 is 5.47. The van der Waals surface area contributed by atoms with Crippen LogP contribution in [0.15, 0.2) is 60.7 Å². The lowest BCUT2D eigenvalue weighted by molar-refractivity contribution is -0.384. The van der Waals surface area contributed by atoms with Gasteiger partial charge < -0.3 is 9.64 Å². The van der Waals surface area contributed by atoms with E-state index in [-0.39, 0.29) is 17.2 Å². The van der Waals surface area contributed by atoms with Gasteiger partial charge in [0, 0.05) is 48.3 Å². The van der Waals surface area contributed by atoms with Crippen LogP contribution in [0.3, 0.4) is 0 Å². The molecule has 2 aliphatic carbocycles. The molecule has 2 aromatic carbocycles. The van der Waals surface area contributed by atoms with Crippen molar-refractivity contribution in [3.05, 3.63) is 93.1 Å². The number of allylic oxidation sites excluding steroid dienone is 4. The molecule has 6 rings (SSSR count). The summed E-state index contributed by atoms with van der Waals surface area (Å²) in [4.78, 5) is 38.5. The highest BCUT2D eigenvalue weighted by molar-refractivity contribution is 6.00. The van der Waals surface area contributed by atoms with Gasteiger partial charge in [0.1, 0.15) is 0 Å². The first-order chi connectivity index (χ1) is 16.5. The Hall–Kier alpha value is -3.74. The van der Waals surface area contributed by atoms with Crippen molar-refractivity contribution in [3.63, 3.8) is 0 Å². The van der Waals surface area contributed by atoms with Gasteiger partial charge in [0.15, 0.2) is 12.4 Å². The highest BCUT2D eigenvalue weighted by Gasteiger charge is 2.44. The minimum atomic E-state index is -0.520. The number of rotatable bonds is 5. The Balaban J connectivity index is 1.28. The summed E-state index contributed by atoms with van der Waals surface area (Å²) in [6.07, 6.45) is 11.1. The van der Waals surface area contributed by atoms with E-state index in [4.69, 9.17) is 4.74 Å². The number of ketones is 1. The molecule has 2 aromatic rings. The molecule has 0 aromatic heterocycles. The molecule has 0 spiro atoms. The number of non-ortho nitro benzene ring substituents is 1. The number of nitro benzene ring substituents is 1. The first-order valence-electron chi connectivity index (χ1n) is 11.7. The van der Waals surface area contributed by atoms with Crippen LogP contribution in [0.4, 0.5) is 11.4 Å². The summed E-state index contributed by atoms with van der Waals surface area (Å²) in [6.45, 7) is 1.59. The summed E-state index contributed by atoms with van der Waals surface area (Å²) >= 11 is 0. The van der Waals surface area contributed by atoms with Crippen LogP contribution >= 0.6 is 0 Å². The topological polar surface area (TPSA) is 89.8 Å². The van der Waals surface area contributed by atoms with Gasteiger partial charge in [-0.3, -0.25) is 14.9 Å². The van der Waals surface area contributed by atoms with Crippen LogP contribution in [-0.4, -0.2) is 36.4 Å². The maximum absolute atomic E-state index is 13.2. The zero-order valence-corrected chi connectivity index (χ0v) is 18.6. The van der Waals surface area contributed by atoms with Crippen LogP contribution in [0.5, 0.6) is 0 Å². The molecule has 4 atom stereocenters. The van der Waals surface area contributed by atoms with Gasteiger partial charge in [-0.2, -0.15) is 0 Å². The van der Waals surface area contributed by atoms with Gasteiger partial charge >= 0.3 is 5.97 Å². The summed E-state index contributed by atoms with van der Waals surface area (Å²) in [5.41, 5.74) is 4.21. The van der Waals surface area contributed by atoms with Crippen molar-refractivity contribution in [2.45, 2.75) is 24.7 Å². The molecule has 0 amide bonds. The number of carbonyl (C=O) groups is 2. The molecule has 0 fully saturated rings. The van der Waals surface area contributed by atoms with Crippen LogP contribution in [0.25, 0.3) is 0 Å². The van der Waals surface area contributed by atoms with Crippen LogP contribution in [-0.2, 0) is 4.74 Å². The number of ether oxygens (including phenoxy) is 1. The zero-order chi connectivity index (χ0) is 23.4. The SMILES string of the molecule is O=C(COC(=O)c1ccc2c3c1[C@@H]1C=CC[C@@H]1CN3C[C@@H]1CC=C[C@H]21)c1ccc([N+](=O)[O-])cc1. The molecule has 0 saturated heterocycles. The first-order valence-corrected chi connectivity index (χ1v) is 11.7. The average Bonchev–Trinajstić information content (AvgIpc) is 3.52. The van der Waals surface area contributed by atoms with Crippen molar-refractivity contribution in [2.75, 3.05) is 24.6 Å². The standard InChI is InChI=1S/C27H24N2O5/c30-24(16-7-9-19(10-8-16)29(32)33)15-34-27(31)23-12-11-22-20-5-1-3-17(20)13-28-14-18-4-2-6-21(18)25(23)26(22)28/h1-2,5-12,17-18,20-21H,3-4,13-15H2/t17-,18+,20-,21+/m0/s1. The first kappa shape index (κ1) is 20.8. The second-order valence-electron chi connectivity index (χ2n) is 9.57. The van der Waals surface area contributed by atoms with E-state index in [1.54, 1.807) is 0 Å². The predicted octanol–water partition coefficient (Wildman–Crippen LogP) is 4.79. The lowest BCUT2D eigenvalue weighted by atomic mass is 9.73. The van der Waals surface area contributed by atoms with Gasteiger partial charge in [-0.1, -0.05) is 30.4 Å². The Morgan fingerprint density at radius 3 is 2.35 bits per heavy atom. The van der Waals surface area contributed by atoms with Crippen molar-refractivity contribution < 1.29 is 19.2 Å². The highest BCUT2D eigenvalue weighted by Crippen LogP contribution is 2.53. The number of fused-ring (bicyclic) bond motifs is 4. The summed E-state index contributed by atoms with van der Waals surface area (Å²) in [6, 6.07) is 9.24. The average molecular weight is 456 g/mol. The molecule has 7 nitrogen and oxygen atoms in total. The highest BCUT2D eigenvalue weighted by atomic mass is 16.6. The lowest BCUT2D eigenvalue weighted by Crippen LogP contribution is -2.44. The molecule has 172 valence electrons. The molecule has 4 aliphatic rings. The van der Waals surface area contributed by atoms with Crippen molar-refractivity contribution in [1.82, 2.24) is 0 Å². The number of hydrogen-bond donors (Lipinski definition) is 0. The van der Waals surface area contributed by atoms with Gasteiger partial charge in [0.25, 0.3) is 5.69 Å². The van der Waals surface area contributed by atoms with Crippen molar-refractivity contribution >= 4 is 23.1 Å². The number of anilines is 1. The fourth-order valence-electron chi connectivity index (χ4n) is 6.12. The maximum Gasteiger partial charge on any atom is 0.338 e. The van der Waals surface area contributed by atoms with E-state index < -0.39 is 23.3 Å². The molecule has 0 unspecified atom stereocenters. The summed E-state index contributed by atoms with van der Waals surface area (Å²) in [7, 11) is 0. The number of nitrogens with zero attached hydrogens (tertiary/aromatic N) is 2. The molecule has 0 radical (unpaired) electrons. The molecule has 0 N–H and O–H groups in total. The molecule has 34 heavy (non-hydrogen) atoms. The normalized spacial score (nSPS) is 25.5. The Kier molecular flexibility index (Phi) is 4.86. The largest absolute Gasteiger partial charge is 0.454 e. The molecule has 0 bridgehead atoms. The van der Waals surface area contributed by atoms with Gasteiger partial charge in [0.2, 0.25) is 0 Å². The number of nitro groups is 1. The molecular weight excluding hydrogens is 432 g/mol. The van der Waals surface area contributed by atoms with Crippen LogP contribution in [0, 0.1) is 22.0 Å². The van der Waals surface area contributed by atoms with E-state index in [2.05, 4.69) is 35.3 Å². The fourth-order valence-corrected chi connectivity index (χ4v) is 6.12. The minimum Gasteiger partial charge on any atom is -0.454 e. The van der Waals surface area contributed by atoms with Gasteiger partial charge in [-0.05, 0) is 54.0 Å². The predicted molar refractivity (Wildman–Crippen MR) is 126 cm³/mol. The minimum absolute atomic E-state index is 0.0928. The van der Waals surface area contributed by atoms with E-state index >= 15 is 0 Å². The van der Waals surface area contributed by atoms with E-state index in [0.717, 1.165) is 31.5 Å². The number of esters is 1. The molecule has 0 saturated carbocycles. The van der Waals surface area contributed by atoms with Crippen LogP contribution in [0.1, 0.15) is 56.5 Å². The molecular formula is C27H24N2O5. The maximum atomic E-state index is 13.2. The number of benzene rings is 2. The Morgan fingerprint density at radius 2 is 1.65 bits per heavy atom. The number of hydrogen-bond acceptors (Lipinski definition) is 6. The van der Waals surface area contributed by atoms with Gasteiger partial charge in [0.05, 0.1) is 10.5 Å². The summed E-state index contributed by atoms with van der Waals surface area (Å²) in [5.74, 6) is 0.708. The molecule has 2 aliphatic heterocycles. The Morgan fingerprint density at radius 1 is 0.971 bits per heavy atom. The monoisotopic (exact) mass is 456 g/mol. The smallest absolute Gasteiger partial charge is 0.338 e. The van der Waals surface area contributed by atoms with E-state index in [1.165, 1.54) is 35.5 Å². The van der Waals surface area contributed by atoms with Crippen molar-refractivity contribution in [2.24, 2.45) is 11.8 Å². The molecule has 7 heteroatoms. The Bertz CT molecular complexity index is 1260. The third kappa shape index (κ3) is 3.26. The third-order valence-electron chi connectivity index (χ3n) is 7.70. The molecule has 2 heterocycles. The van der Waals surface area contributed by atoms with E-state index in [0.29, 0.717) is 23.3 Å². The zero-order valence-electron chi connectivity index (χ0n) is 18.6. The second kappa shape index (κ2) is 7.94. The number of Topliss-reactive ketones (excluding diaryl/α,β-unsaturated/α-hetero) is 1. The second-order valence-corrected chi connectivity index (χ2v) is 9.57. The fraction of sp³-hybridized carbons (Fsp3) is 0.333. The van der Waals surface area contributed by atoms with Crippen molar-refractivity contribution in [1.29, 1.82) is 0 Å². The van der Waals surface area contributed by atoms with Crippen LogP contribution in [0.2, 0.25) is 0 Å². The van der Waals surface area contributed by atoms with E-state index in [9.17, 15) is 19.7 Å².